The molecule has 5 heteroatoms. The van der Waals surface area contributed by atoms with Crippen LogP contribution in [0.5, 0.6) is 0 Å². The molecule has 0 amide bonds. The number of halogens is 2. The average Bonchev–Trinajstić information content (AvgIpc) is 2.32. The Morgan fingerprint density at radius 1 is 1.11 bits per heavy atom. The van der Waals surface area contributed by atoms with Gasteiger partial charge in [0.2, 0.25) is 0 Å². The van der Waals surface area contributed by atoms with E-state index in [0.717, 1.165) is 17.8 Å². The zero-order chi connectivity index (χ0) is 13.1. The predicted molar refractivity (Wildman–Crippen MR) is 64.9 cm³/mol. The second-order valence-electron chi connectivity index (χ2n) is 3.98. The molecule has 0 unspecified atom stereocenters. The highest BCUT2D eigenvalue weighted by Gasteiger charge is 2.08. The molecule has 0 aliphatic heterocycles. The lowest BCUT2D eigenvalue weighted by Crippen LogP contribution is -2.07. The summed E-state index contributed by atoms with van der Waals surface area (Å²) in [5.41, 5.74) is 7.32. The van der Waals surface area contributed by atoms with Crippen LogP contribution < -0.4 is 5.73 Å². The lowest BCUT2D eigenvalue weighted by molar-refractivity contribution is 0.509. The van der Waals surface area contributed by atoms with E-state index in [9.17, 15) is 8.78 Å². The van der Waals surface area contributed by atoms with Crippen molar-refractivity contribution < 1.29 is 8.78 Å². The third kappa shape index (κ3) is 2.68. The second-order valence-corrected chi connectivity index (χ2v) is 3.98. The predicted octanol–water partition coefficient (Wildman–Crippen LogP) is 2.23. The summed E-state index contributed by atoms with van der Waals surface area (Å²) >= 11 is 0. The minimum Gasteiger partial charge on any atom is -0.330 e. The Morgan fingerprint density at radius 3 is 2.56 bits per heavy atom. The maximum Gasteiger partial charge on any atom is 0.159 e. The minimum absolute atomic E-state index is 0.445. The van der Waals surface area contributed by atoms with Gasteiger partial charge in [0.05, 0.1) is 5.69 Å². The van der Waals surface area contributed by atoms with Crippen LogP contribution in [0, 0.1) is 18.6 Å². The number of nitrogens with zero attached hydrogens (tertiary/aromatic N) is 2. The zero-order valence-corrected chi connectivity index (χ0v) is 9.95. The van der Waals surface area contributed by atoms with E-state index in [0.29, 0.717) is 30.0 Å². The third-order valence-corrected chi connectivity index (χ3v) is 2.48. The summed E-state index contributed by atoms with van der Waals surface area (Å²) in [5, 5.41) is 0. The lowest BCUT2D eigenvalue weighted by atomic mass is 10.1. The van der Waals surface area contributed by atoms with Gasteiger partial charge in [-0.2, -0.15) is 0 Å². The van der Waals surface area contributed by atoms with E-state index in [1.807, 2.05) is 6.92 Å². The average molecular weight is 249 g/mol. The number of hydrogen-bond acceptors (Lipinski definition) is 3. The molecule has 0 aliphatic rings. The van der Waals surface area contributed by atoms with Crippen LogP contribution in [0.3, 0.4) is 0 Å². The minimum atomic E-state index is -0.885. The third-order valence-electron chi connectivity index (χ3n) is 2.48. The van der Waals surface area contributed by atoms with Crippen LogP contribution in [0.1, 0.15) is 11.5 Å². The number of benzene rings is 1. The SMILES string of the molecule is Cc1cc(-c2ccc(F)c(F)c2)nc(CCN)n1. The van der Waals surface area contributed by atoms with Crippen molar-refractivity contribution >= 4 is 0 Å². The fourth-order valence-electron chi connectivity index (χ4n) is 1.67. The van der Waals surface area contributed by atoms with E-state index in [1.54, 1.807) is 6.07 Å². The lowest BCUT2D eigenvalue weighted by Gasteiger charge is -2.06. The Bertz CT molecular complexity index is 570. The van der Waals surface area contributed by atoms with Gasteiger partial charge < -0.3 is 5.73 Å². The van der Waals surface area contributed by atoms with Crippen LogP contribution in [0.15, 0.2) is 24.3 Å². The first-order valence-electron chi connectivity index (χ1n) is 5.60. The number of hydrogen-bond donors (Lipinski definition) is 1. The van der Waals surface area contributed by atoms with Gasteiger partial charge in [0.1, 0.15) is 5.82 Å². The molecule has 0 fully saturated rings. The Kier molecular flexibility index (Phi) is 3.62. The van der Waals surface area contributed by atoms with Crippen molar-refractivity contribution in [1.29, 1.82) is 0 Å². The van der Waals surface area contributed by atoms with E-state index in [1.165, 1.54) is 6.07 Å². The second kappa shape index (κ2) is 5.18. The van der Waals surface area contributed by atoms with Gasteiger partial charge in [0.25, 0.3) is 0 Å². The summed E-state index contributed by atoms with van der Waals surface area (Å²) in [4.78, 5) is 8.51. The number of aromatic nitrogens is 2. The van der Waals surface area contributed by atoms with Crippen molar-refractivity contribution in [3.8, 4) is 11.3 Å². The topological polar surface area (TPSA) is 51.8 Å². The molecule has 0 saturated carbocycles. The number of rotatable bonds is 3. The maximum atomic E-state index is 13.2. The van der Waals surface area contributed by atoms with E-state index in [4.69, 9.17) is 5.73 Å². The summed E-state index contributed by atoms with van der Waals surface area (Å²) in [6, 6.07) is 5.44. The van der Waals surface area contributed by atoms with Crippen molar-refractivity contribution in [2.45, 2.75) is 13.3 Å². The first kappa shape index (κ1) is 12.6. The van der Waals surface area contributed by atoms with Gasteiger partial charge in [-0.05, 0) is 37.7 Å². The molecule has 18 heavy (non-hydrogen) atoms. The number of nitrogens with two attached hydrogens (primary N) is 1. The Hall–Kier alpha value is -1.88. The Labute approximate surface area is 104 Å². The van der Waals surface area contributed by atoms with Crippen molar-refractivity contribution in [3.63, 3.8) is 0 Å². The highest BCUT2D eigenvalue weighted by molar-refractivity contribution is 5.59. The van der Waals surface area contributed by atoms with Crippen LogP contribution in [-0.2, 0) is 6.42 Å². The van der Waals surface area contributed by atoms with Gasteiger partial charge in [0.15, 0.2) is 11.6 Å². The standard InChI is InChI=1S/C13H13F2N3/c1-8-6-12(18-13(17-8)4-5-16)9-2-3-10(14)11(15)7-9/h2-3,6-7H,4-5,16H2,1H3. The molecule has 0 aliphatic carbocycles. The molecule has 2 aromatic rings. The molecule has 0 saturated heterocycles. The largest absolute Gasteiger partial charge is 0.330 e. The summed E-state index contributed by atoms with van der Waals surface area (Å²) < 4.78 is 26.0. The fourth-order valence-corrected chi connectivity index (χ4v) is 1.67. The molecular weight excluding hydrogens is 236 g/mol. The normalized spacial score (nSPS) is 10.7. The van der Waals surface area contributed by atoms with Crippen molar-refractivity contribution in [2.24, 2.45) is 5.73 Å². The molecule has 1 heterocycles. The first-order chi connectivity index (χ1) is 8.60. The molecule has 0 radical (unpaired) electrons. The van der Waals surface area contributed by atoms with Crippen LogP contribution >= 0.6 is 0 Å². The molecular formula is C13H13F2N3. The molecule has 1 aromatic heterocycles. The zero-order valence-electron chi connectivity index (χ0n) is 9.95. The van der Waals surface area contributed by atoms with Crippen LogP contribution in [-0.4, -0.2) is 16.5 Å². The highest BCUT2D eigenvalue weighted by atomic mass is 19.2. The van der Waals surface area contributed by atoms with Gasteiger partial charge >= 0.3 is 0 Å². The van der Waals surface area contributed by atoms with Crippen LogP contribution in [0.25, 0.3) is 11.3 Å². The Morgan fingerprint density at radius 2 is 1.89 bits per heavy atom. The van der Waals surface area contributed by atoms with E-state index >= 15 is 0 Å². The summed E-state index contributed by atoms with van der Waals surface area (Å²) in [5.74, 6) is -1.15. The monoisotopic (exact) mass is 249 g/mol. The molecule has 0 spiro atoms. The number of aryl methyl sites for hydroxylation is 1. The first-order valence-corrected chi connectivity index (χ1v) is 5.60. The Balaban J connectivity index is 2.46. The molecule has 0 bridgehead atoms. The quantitative estimate of drug-likeness (QED) is 0.907. The molecule has 2 rings (SSSR count). The molecule has 1 aromatic carbocycles. The van der Waals surface area contributed by atoms with Gasteiger partial charge in [-0.1, -0.05) is 0 Å². The molecule has 2 N–H and O–H groups in total. The van der Waals surface area contributed by atoms with Gasteiger partial charge in [-0.25, -0.2) is 18.7 Å². The van der Waals surface area contributed by atoms with Gasteiger partial charge in [0, 0.05) is 17.7 Å². The van der Waals surface area contributed by atoms with Gasteiger partial charge in [-0.3, -0.25) is 0 Å². The summed E-state index contributed by atoms with van der Waals surface area (Å²) in [6.07, 6.45) is 0.554. The maximum absolute atomic E-state index is 13.2. The molecule has 94 valence electrons. The fraction of sp³-hybridized carbons (Fsp3) is 0.231. The molecule has 0 atom stereocenters. The van der Waals surface area contributed by atoms with E-state index < -0.39 is 11.6 Å². The summed E-state index contributed by atoms with van der Waals surface area (Å²) in [6.45, 7) is 2.27. The smallest absolute Gasteiger partial charge is 0.159 e. The van der Waals surface area contributed by atoms with Crippen LogP contribution in [0.4, 0.5) is 8.78 Å². The molecule has 3 nitrogen and oxygen atoms in total. The van der Waals surface area contributed by atoms with Gasteiger partial charge in [-0.15, -0.1) is 0 Å². The van der Waals surface area contributed by atoms with E-state index in [2.05, 4.69) is 9.97 Å². The van der Waals surface area contributed by atoms with Crippen molar-refractivity contribution in [2.75, 3.05) is 6.54 Å². The van der Waals surface area contributed by atoms with E-state index in [-0.39, 0.29) is 0 Å². The van der Waals surface area contributed by atoms with Crippen LogP contribution in [0.2, 0.25) is 0 Å². The summed E-state index contributed by atoms with van der Waals surface area (Å²) in [7, 11) is 0. The van der Waals surface area contributed by atoms with Crippen molar-refractivity contribution in [3.05, 3.63) is 47.4 Å². The van der Waals surface area contributed by atoms with Crippen molar-refractivity contribution in [1.82, 2.24) is 9.97 Å². The highest BCUT2D eigenvalue weighted by Crippen LogP contribution is 2.20.